The van der Waals surface area contributed by atoms with Crippen LogP contribution in [0.4, 0.5) is 0 Å². The van der Waals surface area contributed by atoms with E-state index in [1.807, 2.05) is 58.3 Å². The Morgan fingerprint density at radius 1 is 1.06 bits per heavy atom. The molecule has 1 amide bonds. The fourth-order valence-corrected chi connectivity index (χ4v) is 4.55. The van der Waals surface area contributed by atoms with E-state index in [-0.39, 0.29) is 17.1 Å². The number of aryl methyl sites for hydroxylation is 1. The SMILES string of the molecule is CCOc1ccc(C2c3c(oc4ccc(CC)cc4c3=O)C(=O)N2CCCN(C)C)cc1OC. The lowest BCUT2D eigenvalue weighted by atomic mass is 9.97. The Morgan fingerprint density at radius 3 is 2.53 bits per heavy atom. The molecule has 3 aromatic rings. The van der Waals surface area contributed by atoms with Crippen LogP contribution in [0.5, 0.6) is 11.5 Å². The number of rotatable bonds is 9. The quantitative estimate of drug-likeness (QED) is 0.471. The average Bonchev–Trinajstić information content (AvgIpc) is 3.11. The van der Waals surface area contributed by atoms with E-state index in [1.165, 1.54) is 0 Å². The zero-order chi connectivity index (χ0) is 24.4. The molecule has 2 aromatic carbocycles. The second kappa shape index (κ2) is 9.89. The molecule has 2 heterocycles. The van der Waals surface area contributed by atoms with E-state index < -0.39 is 6.04 Å². The van der Waals surface area contributed by atoms with Crippen molar-refractivity contribution in [3.8, 4) is 11.5 Å². The minimum Gasteiger partial charge on any atom is -0.493 e. The highest BCUT2D eigenvalue weighted by molar-refractivity contribution is 5.99. The van der Waals surface area contributed by atoms with E-state index in [4.69, 9.17) is 13.9 Å². The number of nitrogens with zero attached hydrogens (tertiary/aromatic N) is 2. The molecule has 4 rings (SSSR count). The average molecular weight is 465 g/mol. The van der Waals surface area contributed by atoms with Crippen LogP contribution >= 0.6 is 0 Å². The van der Waals surface area contributed by atoms with Crippen LogP contribution in [-0.4, -0.2) is 56.6 Å². The van der Waals surface area contributed by atoms with E-state index in [2.05, 4.69) is 4.90 Å². The van der Waals surface area contributed by atoms with Gasteiger partial charge in [0, 0.05) is 6.54 Å². The van der Waals surface area contributed by atoms with Crippen molar-refractivity contribution in [1.82, 2.24) is 9.80 Å². The molecule has 7 heteroatoms. The van der Waals surface area contributed by atoms with Gasteiger partial charge >= 0.3 is 0 Å². The van der Waals surface area contributed by atoms with E-state index in [9.17, 15) is 9.59 Å². The third kappa shape index (κ3) is 4.28. The van der Waals surface area contributed by atoms with Crippen LogP contribution in [0.3, 0.4) is 0 Å². The van der Waals surface area contributed by atoms with Gasteiger partial charge in [0.15, 0.2) is 16.9 Å². The lowest BCUT2D eigenvalue weighted by Gasteiger charge is -2.26. The highest BCUT2D eigenvalue weighted by Gasteiger charge is 2.42. The van der Waals surface area contributed by atoms with E-state index >= 15 is 0 Å². The van der Waals surface area contributed by atoms with Crippen molar-refractivity contribution in [3.05, 3.63) is 69.1 Å². The molecule has 1 atom stereocenters. The maximum Gasteiger partial charge on any atom is 0.290 e. The smallest absolute Gasteiger partial charge is 0.290 e. The summed E-state index contributed by atoms with van der Waals surface area (Å²) in [5, 5.41) is 0.504. The third-order valence-electron chi connectivity index (χ3n) is 6.25. The van der Waals surface area contributed by atoms with Gasteiger partial charge in [0.2, 0.25) is 5.76 Å². The van der Waals surface area contributed by atoms with Gasteiger partial charge in [-0.2, -0.15) is 0 Å². The van der Waals surface area contributed by atoms with Crippen LogP contribution < -0.4 is 14.9 Å². The number of ether oxygens (including phenoxy) is 2. The third-order valence-corrected chi connectivity index (χ3v) is 6.25. The Bertz CT molecular complexity index is 1260. The lowest BCUT2D eigenvalue weighted by molar-refractivity contribution is 0.0722. The van der Waals surface area contributed by atoms with Gasteiger partial charge in [-0.25, -0.2) is 0 Å². The molecule has 1 unspecified atom stereocenters. The molecule has 0 aliphatic carbocycles. The number of fused-ring (bicyclic) bond motifs is 2. The zero-order valence-electron chi connectivity index (χ0n) is 20.5. The minimum atomic E-state index is -0.555. The number of hydrogen-bond donors (Lipinski definition) is 0. The highest BCUT2D eigenvalue weighted by Crippen LogP contribution is 2.41. The summed E-state index contributed by atoms with van der Waals surface area (Å²) in [6.07, 6.45) is 1.58. The molecule has 0 saturated carbocycles. The highest BCUT2D eigenvalue weighted by atomic mass is 16.5. The van der Waals surface area contributed by atoms with Crippen molar-refractivity contribution in [2.75, 3.05) is 40.9 Å². The summed E-state index contributed by atoms with van der Waals surface area (Å²) in [5.41, 5.74) is 2.50. The van der Waals surface area contributed by atoms with Gasteiger partial charge in [0.05, 0.1) is 30.7 Å². The first-order valence-electron chi connectivity index (χ1n) is 11.8. The lowest BCUT2D eigenvalue weighted by Crippen LogP contribution is -2.32. The minimum absolute atomic E-state index is 0.129. The Hall–Kier alpha value is -3.32. The van der Waals surface area contributed by atoms with Crippen LogP contribution in [-0.2, 0) is 6.42 Å². The van der Waals surface area contributed by atoms with Gasteiger partial charge in [-0.15, -0.1) is 0 Å². The fourth-order valence-electron chi connectivity index (χ4n) is 4.55. The molecule has 0 saturated heterocycles. The monoisotopic (exact) mass is 464 g/mol. The van der Waals surface area contributed by atoms with Crippen LogP contribution in [0, 0.1) is 0 Å². The number of carbonyl (C=O) groups excluding carboxylic acids is 1. The predicted molar refractivity (Wildman–Crippen MR) is 132 cm³/mol. The maximum atomic E-state index is 13.8. The molecule has 7 nitrogen and oxygen atoms in total. The van der Waals surface area contributed by atoms with Crippen molar-refractivity contribution in [3.63, 3.8) is 0 Å². The number of benzene rings is 2. The molecule has 0 N–H and O–H groups in total. The molecule has 0 fully saturated rings. The molecule has 0 bridgehead atoms. The Labute approximate surface area is 199 Å². The first-order valence-corrected chi connectivity index (χ1v) is 11.8. The molecule has 0 radical (unpaired) electrons. The van der Waals surface area contributed by atoms with Crippen molar-refractivity contribution in [1.29, 1.82) is 0 Å². The summed E-state index contributed by atoms with van der Waals surface area (Å²) in [4.78, 5) is 31.1. The normalized spacial score (nSPS) is 15.3. The van der Waals surface area contributed by atoms with Crippen LogP contribution in [0.15, 0.2) is 45.6 Å². The van der Waals surface area contributed by atoms with Crippen molar-refractivity contribution in [2.24, 2.45) is 0 Å². The summed E-state index contributed by atoms with van der Waals surface area (Å²) in [7, 11) is 5.58. The van der Waals surface area contributed by atoms with Crippen LogP contribution in [0.25, 0.3) is 11.0 Å². The van der Waals surface area contributed by atoms with E-state index in [1.54, 1.807) is 18.1 Å². The number of hydrogen-bond acceptors (Lipinski definition) is 6. The predicted octanol–water partition coefficient (Wildman–Crippen LogP) is 4.26. The molecule has 1 aliphatic rings. The summed E-state index contributed by atoms with van der Waals surface area (Å²) in [6, 6.07) is 10.6. The molecular weight excluding hydrogens is 432 g/mol. The number of methoxy groups -OCH3 is 1. The maximum absolute atomic E-state index is 13.8. The van der Waals surface area contributed by atoms with Crippen LogP contribution in [0.1, 0.15) is 53.6 Å². The first-order chi connectivity index (χ1) is 16.4. The van der Waals surface area contributed by atoms with Crippen LogP contribution in [0.2, 0.25) is 0 Å². The molecule has 1 aliphatic heterocycles. The number of amides is 1. The Balaban J connectivity index is 1.89. The first kappa shape index (κ1) is 23.8. The standard InChI is InChI=1S/C27H32N2O5/c1-6-17-9-11-20-19(15-17)25(30)23-24(18-10-12-21(33-7-2)22(16-18)32-5)29(14-8-13-28(3)4)27(31)26(23)34-20/h9-12,15-16,24H,6-8,13-14H2,1-5H3. The van der Waals surface area contributed by atoms with Gasteiger partial charge in [-0.05, 0) is 75.8 Å². The summed E-state index contributed by atoms with van der Waals surface area (Å²) in [5.74, 6) is 1.05. The van der Waals surface area contributed by atoms with Crippen molar-refractivity contribution in [2.45, 2.75) is 32.7 Å². The number of carbonyl (C=O) groups is 1. The topological polar surface area (TPSA) is 72.2 Å². The van der Waals surface area contributed by atoms with Crippen molar-refractivity contribution < 1.29 is 18.7 Å². The van der Waals surface area contributed by atoms with Gasteiger partial charge in [-0.1, -0.05) is 19.1 Å². The molecular formula is C27H32N2O5. The van der Waals surface area contributed by atoms with Gasteiger partial charge in [0.1, 0.15) is 5.58 Å². The van der Waals surface area contributed by atoms with Gasteiger partial charge < -0.3 is 23.7 Å². The zero-order valence-corrected chi connectivity index (χ0v) is 20.5. The summed E-state index contributed by atoms with van der Waals surface area (Å²) >= 11 is 0. The Morgan fingerprint density at radius 2 is 1.85 bits per heavy atom. The Kier molecular flexibility index (Phi) is 6.93. The van der Waals surface area contributed by atoms with Gasteiger partial charge in [-0.3, -0.25) is 9.59 Å². The molecule has 0 spiro atoms. The summed E-state index contributed by atoms with van der Waals surface area (Å²) < 4.78 is 17.3. The molecule has 180 valence electrons. The second-order valence-electron chi connectivity index (χ2n) is 8.76. The molecule has 1 aromatic heterocycles. The largest absolute Gasteiger partial charge is 0.493 e. The van der Waals surface area contributed by atoms with E-state index in [0.29, 0.717) is 41.2 Å². The van der Waals surface area contributed by atoms with Crippen molar-refractivity contribution >= 4 is 16.9 Å². The van der Waals surface area contributed by atoms with Gasteiger partial charge in [0.25, 0.3) is 5.91 Å². The molecule has 34 heavy (non-hydrogen) atoms. The second-order valence-corrected chi connectivity index (χ2v) is 8.76. The fraction of sp³-hybridized carbons (Fsp3) is 0.407. The van der Waals surface area contributed by atoms with E-state index in [0.717, 1.165) is 30.5 Å². The summed E-state index contributed by atoms with van der Waals surface area (Å²) in [6.45, 7) is 5.78.